The molecule has 1 saturated carbocycles. The quantitative estimate of drug-likeness (QED) is 0.850. The van der Waals surface area contributed by atoms with E-state index in [1.165, 1.54) is 12.8 Å². The zero-order valence-electron chi connectivity index (χ0n) is 12.6. The molecule has 6 nitrogen and oxygen atoms in total. The number of hydrogen-bond acceptors (Lipinski definition) is 5. The van der Waals surface area contributed by atoms with Crippen LogP contribution in [0.4, 0.5) is 0 Å². The Morgan fingerprint density at radius 3 is 2.86 bits per heavy atom. The fraction of sp³-hybridized carbons (Fsp3) is 0.800. The highest BCUT2D eigenvalue weighted by atomic mass is 16.5. The predicted molar refractivity (Wildman–Crippen MR) is 75.4 cm³/mol. The number of piperidine rings is 1. The van der Waals surface area contributed by atoms with Crippen LogP contribution < -0.4 is 0 Å². The highest BCUT2D eigenvalue weighted by Gasteiger charge is 2.30. The molecular formula is C15H23N3O3. The second kappa shape index (κ2) is 6.56. The van der Waals surface area contributed by atoms with Gasteiger partial charge in [-0.25, -0.2) is 0 Å². The maximum atomic E-state index is 12.5. The first-order valence-electron chi connectivity index (χ1n) is 7.92. The van der Waals surface area contributed by atoms with Crippen LogP contribution in [-0.4, -0.2) is 40.1 Å². The number of likely N-dealkylation sites (tertiary alicyclic amines) is 1. The molecule has 1 amide bonds. The van der Waals surface area contributed by atoms with E-state index in [0.717, 1.165) is 32.2 Å². The van der Waals surface area contributed by atoms with Crippen LogP contribution in [0.25, 0.3) is 0 Å². The summed E-state index contributed by atoms with van der Waals surface area (Å²) in [5.41, 5.74) is 0. The van der Waals surface area contributed by atoms with E-state index in [9.17, 15) is 4.79 Å². The molecule has 0 spiro atoms. The van der Waals surface area contributed by atoms with Crippen LogP contribution in [0.15, 0.2) is 4.52 Å². The van der Waals surface area contributed by atoms with Gasteiger partial charge in [-0.15, -0.1) is 0 Å². The van der Waals surface area contributed by atoms with Crippen molar-refractivity contribution >= 4 is 5.91 Å². The van der Waals surface area contributed by atoms with Crippen LogP contribution in [-0.2, 0) is 16.1 Å². The van der Waals surface area contributed by atoms with Crippen molar-refractivity contribution in [3.63, 3.8) is 0 Å². The average Bonchev–Trinajstić information content (AvgIpc) is 3.16. The molecule has 1 unspecified atom stereocenters. The summed E-state index contributed by atoms with van der Waals surface area (Å²) in [6.45, 7) is 3.69. The molecular weight excluding hydrogens is 270 g/mol. The van der Waals surface area contributed by atoms with Crippen molar-refractivity contribution < 1.29 is 14.1 Å². The van der Waals surface area contributed by atoms with E-state index in [1.807, 2.05) is 4.90 Å². The summed E-state index contributed by atoms with van der Waals surface area (Å²) in [6, 6.07) is 0. The summed E-state index contributed by atoms with van der Waals surface area (Å²) in [5.74, 6) is 1.71. The summed E-state index contributed by atoms with van der Waals surface area (Å²) < 4.78 is 10.8. The van der Waals surface area contributed by atoms with E-state index >= 15 is 0 Å². The molecule has 6 heteroatoms. The molecule has 0 bridgehead atoms. The summed E-state index contributed by atoms with van der Waals surface area (Å²) in [7, 11) is 0. The third kappa shape index (κ3) is 3.61. The normalized spacial score (nSPS) is 23.7. The maximum absolute atomic E-state index is 12.5. The van der Waals surface area contributed by atoms with Crippen molar-refractivity contribution in [2.45, 2.75) is 58.2 Å². The smallest absolute Gasteiger partial charge is 0.225 e. The van der Waals surface area contributed by atoms with Crippen LogP contribution in [0.2, 0.25) is 0 Å². The number of carbonyl (C=O) groups excluding carboxylic acids is 1. The van der Waals surface area contributed by atoms with Crippen molar-refractivity contribution in [3.8, 4) is 0 Å². The van der Waals surface area contributed by atoms with Crippen LogP contribution in [0, 0.1) is 12.8 Å². The fourth-order valence-corrected chi connectivity index (χ4v) is 3.30. The van der Waals surface area contributed by atoms with Crippen molar-refractivity contribution in [1.82, 2.24) is 15.0 Å². The Labute approximate surface area is 124 Å². The number of nitrogens with zero attached hydrogens (tertiary/aromatic N) is 3. The van der Waals surface area contributed by atoms with Crippen LogP contribution in [0.3, 0.4) is 0 Å². The van der Waals surface area contributed by atoms with Gasteiger partial charge in [-0.05, 0) is 25.7 Å². The Balaban J connectivity index is 1.49. The Hall–Kier alpha value is -1.43. The predicted octanol–water partition coefficient (Wildman–Crippen LogP) is 2.08. The van der Waals surface area contributed by atoms with Gasteiger partial charge in [0.15, 0.2) is 5.82 Å². The van der Waals surface area contributed by atoms with Gasteiger partial charge in [-0.2, -0.15) is 4.98 Å². The van der Waals surface area contributed by atoms with E-state index in [-0.39, 0.29) is 12.0 Å². The standard InChI is InChI=1S/C15H23N3O3/c1-11-16-14(17-21-11)10-20-13-7-4-8-18(9-13)15(19)12-5-2-3-6-12/h12-13H,2-10H2,1H3. The highest BCUT2D eigenvalue weighted by molar-refractivity contribution is 5.79. The van der Waals surface area contributed by atoms with Gasteiger partial charge in [0, 0.05) is 25.9 Å². The van der Waals surface area contributed by atoms with E-state index in [4.69, 9.17) is 9.26 Å². The molecule has 2 heterocycles. The molecule has 0 radical (unpaired) electrons. The van der Waals surface area contributed by atoms with Crippen molar-refractivity contribution in [1.29, 1.82) is 0 Å². The minimum absolute atomic E-state index is 0.0860. The molecule has 2 fully saturated rings. The molecule has 1 atom stereocenters. The van der Waals surface area contributed by atoms with Crippen LogP contribution in [0.1, 0.15) is 50.2 Å². The zero-order chi connectivity index (χ0) is 14.7. The lowest BCUT2D eigenvalue weighted by Crippen LogP contribution is -2.45. The van der Waals surface area contributed by atoms with Gasteiger partial charge in [0.2, 0.25) is 11.8 Å². The Morgan fingerprint density at radius 1 is 1.33 bits per heavy atom. The van der Waals surface area contributed by atoms with E-state index in [1.54, 1.807) is 6.92 Å². The average molecular weight is 293 g/mol. The van der Waals surface area contributed by atoms with Gasteiger partial charge in [0.25, 0.3) is 0 Å². The lowest BCUT2D eigenvalue weighted by Gasteiger charge is -2.34. The first-order chi connectivity index (χ1) is 10.2. The maximum Gasteiger partial charge on any atom is 0.225 e. The van der Waals surface area contributed by atoms with E-state index in [0.29, 0.717) is 30.8 Å². The number of amides is 1. The molecule has 116 valence electrons. The second-order valence-corrected chi connectivity index (χ2v) is 6.07. The van der Waals surface area contributed by atoms with Gasteiger partial charge in [-0.3, -0.25) is 4.79 Å². The molecule has 0 N–H and O–H groups in total. The molecule has 1 aromatic heterocycles. The Kier molecular flexibility index (Phi) is 4.53. The first kappa shape index (κ1) is 14.5. The van der Waals surface area contributed by atoms with Gasteiger partial charge in [0.05, 0.1) is 6.10 Å². The molecule has 21 heavy (non-hydrogen) atoms. The van der Waals surface area contributed by atoms with Gasteiger partial charge in [-0.1, -0.05) is 18.0 Å². The number of rotatable bonds is 4. The summed E-state index contributed by atoms with van der Waals surface area (Å²) in [4.78, 5) is 18.6. The summed E-state index contributed by atoms with van der Waals surface area (Å²) in [6.07, 6.45) is 6.59. The van der Waals surface area contributed by atoms with Crippen LogP contribution in [0.5, 0.6) is 0 Å². The number of aryl methyl sites for hydroxylation is 1. The Morgan fingerprint density at radius 2 is 2.14 bits per heavy atom. The minimum Gasteiger partial charge on any atom is -0.368 e. The van der Waals surface area contributed by atoms with E-state index < -0.39 is 0 Å². The fourth-order valence-electron chi connectivity index (χ4n) is 3.30. The zero-order valence-corrected chi connectivity index (χ0v) is 12.6. The second-order valence-electron chi connectivity index (χ2n) is 6.07. The SMILES string of the molecule is Cc1nc(COC2CCCN(C(=O)C3CCCC3)C2)no1. The van der Waals surface area contributed by atoms with Crippen LogP contribution >= 0.6 is 0 Å². The number of ether oxygens (including phenoxy) is 1. The minimum atomic E-state index is 0.0860. The molecule has 2 aliphatic rings. The van der Waals surface area contributed by atoms with Gasteiger partial charge < -0.3 is 14.2 Å². The third-order valence-electron chi connectivity index (χ3n) is 4.41. The van der Waals surface area contributed by atoms with Crippen molar-refractivity contribution in [3.05, 3.63) is 11.7 Å². The summed E-state index contributed by atoms with van der Waals surface area (Å²) >= 11 is 0. The molecule has 0 aromatic carbocycles. The first-order valence-corrected chi connectivity index (χ1v) is 7.92. The molecule has 1 aromatic rings. The molecule has 1 saturated heterocycles. The molecule has 3 rings (SSSR count). The van der Waals surface area contributed by atoms with E-state index in [2.05, 4.69) is 10.1 Å². The topological polar surface area (TPSA) is 68.5 Å². The number of aromatic nitrogens is 2. The molecule has 1 aliphatic carbocycles. The number of carbonyl (C=O) groups is 1. The monoisotopic (exact) mass is 293 g/mol. The summed E-state index contributed by atoms with van der Waals surface area (Å²) in [5, 5.41) is 3.83. The van der Waals surface area contributed by atoms with Crippen molar-refractivity contribution in [2.75, 3.05) is 13.1 Å². The Bertz CT molecular complexity index is 482. The lowest BCUT2D eigenvalue weighted by atomic mass is 10.0. The molecule has 1 aliphatic heterocycles. The van der Waals surface area contributed by atoms with Gasteiger partial charge >= 0.3 is 0 Å². The van der Waals surface area contributed by atoms with Crippen molar-refractivity contribution in [2.24, 2.45) is 5.92 Å². The largest absolute Gasteiger partial charge is 0.368 e. The van der Waals surface area contributed by atoms with Gasteiger partial charge in [0.1, 0.15) is 6.61 Å². The lowest BCUT2D eigenvalue weighted by molar-refractivity contribution is -0.139. The number of hydrogen-bond donors (Lipinski definition) is 0. The third-order valence-corrected chi connectivity index (χ3v) is 4.41. The highest BCUT2D eigenvalue weighted by Crippen LogP contribution is 2.28.